The summed E-state index contributed by atoms with van der Waals surface area (Å²) in [5, 5.41) is 3.47. The summed E-state index contributed by atoms with van der Waals surface area (Å²) in [6.07, 6.45) is 0.305. The molecular weight excluding hydrogens is 192 g/mol. The van der Waals surface area contributed by atoms with Crippen LogP contribution in [0.2, 0.25) is 0 Å². The summed E-state index contributed by atoms with van der Waals surface area (Å²) >= 11 is 0. The Morgan fingerprint density at radius 2 is 2.27 bits per heavy atom. The molecule has 0 aromatic carbocycles. The van der Waals surface area contributed by atoms with Gasteiger partial charge in [0.05, 0.1) is 19.3 Å². The molecule has 0 saturated carbocycles. The molecule has 1 saturated heterocycles. The van der Waals surface area contributed by atoms with Gasteiger partial charge in [-0.15, -0.1) is 0 Å². The molecule has 0 bridgehead atoms. The molecule has 1 heterocycles. The zero-order valence-electron chi connectivity index (χ0n) is 10.4. The second-order valence-corrected chi connectivity index (χ2v) is 4.95. The maximum Gasteiger partial charge on any atom is 0.0826 e. The fourth-order valence-electron chi connectivity index (χ4n) is 1.79. The van der Waals surface area contributed by atoms with E-state index in [9.17, 15) is 0 Å². The molecule has 1 fully saturated rings. The lowest BCUT2D eigenvalue weighted by Gasteiger charge is -2.33. The van der Waals surface area contributed by atoms with E-state index >= 15 is 0 Å². The molecule has 0 aromatic rings. The molecule has 1 aliphatic rings. The Labute approximate surface area is 92.9 Å². The fourth-order valence-corrected chi connectivity index (χ4v) is 1.79. The highest BCUT2D eigenvalue weighted by atomic mass is 16.5. The molecule has 90 valence electrons. The summed E-state index contributed by atoms with van der Waals surface area (Å²) in [7, 11) is 3.87. The lowest BCUT2D eigenvalue weighted by atomic mass is 10.1. The minimum absolute atomic E-state index is 0.0220. The third-order valence-electron chi connectivity index (χ3n) is 2.66. The van der Waals surface area contributed by atoms with Crippen molar-refractivity contribution in [1.82, 2.24) is 10.2 Å². The zero-order chi connectivity index (χ0) is 11.3. The third kappa shape index (κ3) is 4.93. The van der Waals surface area contributed by atoms with Crippen molar-refractivity contribution in [2.45, 2.75) is 25.5 Å². The number of hydrogen-bond acceptors (Lipinski definition) is 4. The summed E-state index contributed by atoms with van der Waals surface area (Å²) in [4.78, 5) is 2.30. The van der Waals surface area contributed by atoms with Crippen LogP contribution in [0.4, 0.5) is 0 Å². The Morgan fingerprint density at radius 1 is 1.53 bits per heavy atom. The Morgan fingerprint density at radius 3 is 2.87 bits per heavy atom. The molecule has 1 atom stereocenters. The van der Waals surface area contributed by atoms with E-state index in [0.717, 1.165) is 32.8 Å². The topological polar surface area (TPSA) is 33.7 Å². The highest BCUT2D eigenvalue weighted by Gasteiger charge is 2.22. The van der Waals surface area contributed by atoms with Crippen molar-refractivity contribution in [3.8, 4) is 0 Å². The van der Waals surface area contributed by atoms with E-state index in [1.165, 1.54) is 0 Å². The number of morpholine rings is 1. The van der Waals surface area contributed by atoms with Crippen molar-refractivity contribution in [3.05, 3.63) is 0 Å². The quantitative estimate of drug-likeness (QED) is 0.718. The zero-order valence-corrected chi connectivity index (χ0v) is 10.4. The number of methoxy groups -OCH3 is 1. The molecular formula is C11H24N2O2. The largest absolute Gasteiger partial charge is 0.383 e. The Bertz CT molecular complexity index is 185. The van der Waals surface area contributed by atoms with E-state index in [1.54, 1.807) is 7.11 Å². The summed E-state index contributed by atoms with van der Waals surface area (Å²) in [6.45, 7) is 8.78. The van der Waals surface area contributed by atoms with E-state index in [4.69, 9.17) is 9.47 Å². The molecule has 0 spiro atoms. The SMILES string of the molecule is COCC(C)(C)NCC1CN(C)CCO1. The van der Waals surface area contributed by atoms with Crippen LogP contribution in [0.25, 0.3) is 0 Å². The van der Waals surface area contributed by atoms with Crippen LogP contribution in [0.15, 0.2) is 0 Å². The van der Waals surface area contributed by atoms with Gasteiger partial charge in [0.2, 0.25) is 0 Å². The van der Waals surface area contributed by atoms with Gasteiger partial charge in [0.1, 0.15) is 0 Å². The van der Waals surface area contributed by atoms with Crippen LogP contribution >= 0.6 is 0 Å². The van der Waals surface area contributed by atoms with Gasteiger partial charge in [-0.3, -0.25) is 0 Å². The van der Waals surface area contributed by atoms with Crippen molar-refractivity contribution in [2.24, 2.45) is 0 Å². The lowest BCUT2D eigenvalue weighted by molar-refractivity contribution is -0.0230. The Hall–Kier alpha value is -0.160. The minimum Gasteiger partial charge on any atom is -0.383 e. The molecule has 1 aliphatic heterocycles. The summed E-state index contributed by atoms with van der Waals surface area (Å²) in [5.74, 6) is 0. The standard InChI is InChI=1S/C11H24N2O2/c1-11(2,9-14-4)12-7-10-8-13(3)5-6-15-10/h10,12H,5-9H2,1-4H3. The Balaban J connectivity index is 2.23. The molecule has 4 nitrogen and oxygen atoms in total. The van der Waals surface area contributed by atoms with Gasteiger partial charge in [-0.25, -0.2) is 0 Å². The summed E-state index contributed by atoms with van der Waals surface area (Å²) in [5.41, 5.74) is 0.0220. The van der Waals surface area contributed by atoms with Gasteiger partial charge in [-0.2, -0.15) is 0 Å². The van der Waals surface area contributed by atoms with Crippen molar-refractivity contribution < 1.29 is 9.47 Å². The number of nitrogens with one attached hydrogen (secondary N) is 1. The third-order valence-corrected chi connectivity index (χ3v) is 2.66. The molecule has 1 N–H and O–H groups in total. The number of hydrogen-bond donors (Lipinski definition) is 1. The molecule has 0 aromatic heterocycles. The van der Waals surface area contributed by atoms with Crippen LogP contribution in [0.3, 0.4) is 0 Å². The second kappa shape index (κ2) is 5.80. The van der Waals surface area contributed by atoms with E-state index in [1.807, 2.05) is 0 Å². The molecule has 1 unspecified atom stereocenters. The molecule has 0 aliphatic carbocycles. The Kier molecular flexibility index (Phi) is 4.99. The van der Waals surface area contributed by atoms with Gasteiger partial charge < -0.3 is 19.7 Å². The lowest BCUT2D eigenvalue weighted by Crippen LogP contribution is -2.51. The van der Waals surface area contributed by atoms with Crippen LogP contribution < -0.4 is 5.32 Å². The first-order chi connectivity index (χ1) is 7.03. The highest BCUT2D eigenvalue weighted by Crippen LogP contribution is 2.06. The van der Waals surface area contributed by atoms with Crippen molar-refractivity contribution >= 4 is 0 Å². The predicted molar refractivity (Wildman–Crippen MR) is 61.2 cm³/mol. The molecule has 1 rings (SSSR count). The van der Waals surface area contributed by atoms with E-state index in [-0.39, 0.29) is 5.54 Å². The minimum atomic E-state index is 0.0220. The predicted octanol–water partition coefficient (Wildman–Crippen LogP) is 0.332. The van der Waals surface area contributed by atoms with Gasteiger partial charge in [-0.05, 0) is 20.9 Å². The second-order valence-electron chi connectivity index (χ2n) is 4.95. The number of nitrogens with zero attached hydrogens (tertiary/aromatic N) is 1. The van der Waals surface area contributed by atoms with Crippen LogP contribution in [-0.4, -0.2) is 63.5 Å². The van der Waals surface area contributed by atoms with Crippen molar-refractivity contribution in [3.63, 3.8) is 0 Å². The van der Waals surface area contributed by atoms with Crippen LogP contribution in [0.5, 0.6) is 0 Å². The monoisotopic (exact) mass is 216 g/mol. The molecule has 0 radical (unpaired) electrons. The number of rotatable bonds is 5. The van der Waals surface area contributed by atoms with Crippen molar-refractivity contribution in [2.75, 3.05) is 47.0 Å². The smallest absolute Gasteiger partial charge is 0.0826 e. The van der Waals surface area contributed by atoms with Crippen LogP contribution in [0.1, 0.15) is 13.8 Å². The van der Waals surface area contributed by atoms with E-state index < -0.39 is 0 Å². The average molecular weight is 216 g/mol. The first kappa shape index (κ1) is 12.9. The number of ether oxygens (including phenoxy) is 2. The fraction of sp³-hybridized carbons (Fsp3) is 1.00. The molecule has 4 heteroatoms. The van der Waals surface area contributed by atoms with Gasteiger partial charge in [0, 0.05) is 32.3 Å². The average Bonchev–Trinajstić information content (AvgIpc) is 2.15. The van der Waals surface area contributed by atoms with Crippen LogP contribution in [-0.2, 0) is 9.47 Å². The van der Waals surface area contributed by atoms with Crippen molar-refractivity contribution in [1.29, 1.82) is 0 Å². The van der Waals surface area contributed by atoms with Gasteiger partial charge in [0.25, 0.3) is 0 Å². The highest BCUT2D eigenvalue weighted by molar-refractivity contribution is 4.80. The van der Waals surface area contributed by atoms with E-state index in [2.05, 4.69) is 31.1 Å². The van der Waals surface area contributed by atoms with Crippen LogP contribution in [0, 0.1) is 0 Å². The maximum absolute atomic E-state index is 5.68. The maximum atomic E-state index is 5.68. The first-order valence-corrected chi connectivity index (χ1v) is 5.57. The van der Waals surface area contributed by atoms with Gasteiger partial charge in [0.15, 0.2) is 0 Å². The first-order valence-electron chi connectivity index (χ1n) is 5.57. The normalized spacial score (nSPS) is 24.4. The summed E-state index contributed by atoms with van der Waals surface area (Å²) < 4.78 is 10.8. The van der Waals surface area contributed by atoms with E-state index in [0.29, 0.717) is 6.10 Å². The number of likely N-dealkylation sites (N-methyl/N-ethyl adjacent to an activating group) is 1. The van der Waals surface area contributed by atoms with Gasteiger partial charge in [-0.1, -0.05) is 0 Å². The summed E-state index contributed by atoms with van der Waals surface area (Å²) in [6, 6.07) is 0. The molecule has 15 heavy (non-hydrogen) atoms. The van der Waals surface area contributed by atoms with Gasteiger partial charge >= 0.3 is 0 Å². The molecule has 0 amide bonds.